The van der Waals surface area contributed by atoms with Crippen LogP contribution in [0.4, 0.5) is 4.79 Å². The Morgan fingerprint density at radius 1 is 0.955 bits per heavy atom. The maximum absolute atomic E-state index is 11.0. The van der Waals surface area contributed by atoms with Crippen LogP contribution >= 0.6 is 0 Å². The quantitative estimate of drug-likeness (QED) is 0.471. The fourth-order valence-electron chi connectivity index (χ4n) is 0.890. The monoisotopic (exact) mass is 322 g/mol. The lowest BCUT2D eigenvalue weighted by Gasteiger charge is -2.13. The van der Waals surface area contributed by atoms with Gasteiger partial charge in [-0.3, -0.25) is 9.59 Å². The summed E-state index contributed by atoms with van der Waals surface area (Å²) in [6.07, 6.45) is 0.543. The van der Waals surface area contributed by atoms with Crippen LogP contribution in [0.25, 0.3) is 0 Å². The number of rotatable bonds is 7. The van der Waals surface area contributed by atoms with Gasteiger partial charge in [0.05, 0.1) is 0 Å². The van der Waals surface area contributed by atoms with Gasteiger partial charge in [-0.25, -0.2) is 9.59 Å². The Morgan fingerprint density at radius 2 is 1.41 bits per heavy atom. The van der Waals surface area contributed by atoms with E-state index >= 15 is 0 Å². The summed E-state index contributed by atoms with van der Waals surface area (Å²) < 4.78 is 0. The summed E-state index contributed by atoms with van der Waals surface area (Å²) in [5.74, 6) is -3.86. The molecule has 0 aliphatic rings. The zero-order valence-electron chi connectivity index (χ0n) is 13.4. The van der Waals surface area contributed by atoms with Gasteiger partial charge in [-0.1, -0.05) is 34.1 Å². The van der Waals surface area contributed by atoms with Gasteiger partial charge in [0.2, 0.25) is 0 Å². The zero-order chi connectivity index (χ0) is 18.1. The lowest BCUT2D eigenvalue weighted by Crippen LogP contribution is -2.47. The van der Waals surface area contributed by atoms with E-state index in [0.717, 1.165) is 0 Å². The number of aliphatic carboxylic acids is 3. The third-order valence-electron chi connectivity index (χ3n) is 1.65. The van der Waals surface area contributed by atoms with E-state index in [9.17, 15) is 19.2 Å². The number of carbonyl (C=O) groups is 4. The van der Waals surface area contributed by atoms with Crippen molar-refractivity contribution in [3.8, 4) is 0 Å². The average molecular weight is 322 g/mol. The minimum Gasteiger partial charge on any atom is -0.481 e. The van der Waals surface area contributed by atoms with E-state index in [1.165, 1.54) is 6.42 Å². The van der Waals surface area contributed by atoms with E-state index in [0.29, 0.717) is 0 Å². The number of nitrogens with one attached hydrogen (secondary N) is 2. The summed E-state index contributed by atoms with van der Waals surface area (Å²) in [6, 6.07) is -2.36. The van der Waals surface area contributed by atoms with E-state index < -0.39 is 42.9 Å². The molecule has 0 fully saturated rings. The summed E-state index contributed by atoms with van der Waals surface area (Å²) in [5, 5.41) is 29.1. The van der Waals surface area contributed by atoms with Crippen LogP contribution in [-0.2, 0) is 14.4 Å². The maximum atomic E-state index is 11.0. The highest BCUT2D eigenvalue weighted by Crippen LogP contribution is 1.97. The summed E-state index contributed by atoms with van der Waals surface area (Å²) in [6.45, 7) is 7.59. The molecule has 22 heavy (non-hydrogen) atoms. The van der Waals surface area contributed by atoms with Crippen molar-refractivity contribution in [2.45, 2.75) is 53.0 Å². The van der Waals surface area contributed by atoms with Crippen LogP contribution in [0, 0.1) is 0 Å². The molecule has 9 nitrogen and oxygen atoms in total. The molecule has 0 bridgehead atoms. The number of carboxylic acid groups (broad SMARTS) is 3. The van der Waals surface area contributed by atoms with Gasteiger partial charge >= 0.3 is 23.9 Å². The first kappa shape index (κ1) is 24.7. The topological polar surface area (TPSA) is 153 Å². The van der Waals surface area contributed by atoms with Crippen molar-refractivity contribution >= 4 is 23.9 Å². The molecule has 0 heterocycles. The van der Waals surface area contributed by atoms with Crippen molar-refractivity contribution in [3.05, 3.63) is 0 Å². The molecular weight excluding hydrogens is 296 g/mol. The Morgan fingerprint density at radius 3 is 1.73 bits per heavy atom. The SMILES string of the molecule is CC.CCC.O=C(O)CCC(NC(=O)NCC(=O)O)C(=O)O. The second-order valence-corrected chi connectivity index (χ2v) is 3.75. The molecule has 1 unspecified atom stereocenters. The first-order valence-electron chi connectivity index (χ1n) is 6.95. The van der Waals surface area contributed by atoms with Gasteiger partial charge in [0.15, 0.2) is 0 Å². The van der Waals surface area contributed by atoms with Crippen LogP contribution in [0.3, 0.4) is 0 Å². The largest absolute Gasteiger partial charge is 0.481 e. The molecule has 2 amide bonds. The molecule has 0 aliphatic heterocycles. The Labute approximate surface area is 129 Å². The number of hydrogen-bond donors (Lipinski definition) is 5. The first-order chi connectivity index (χ1) is 10.2. The molecule has 0 radical (unpaired) electrons. The first-order valence-corrected chi connectivity index (χ1v) is 6.95. The van der Waals surface area contributed by atoms with Crippen molar-refractivity contribution in [1.29, 1.82) is 0 Å². The highest BCUT2D eigenvalue weighted by Gasteiger charge is 2.20. The number of hydrogen-bond acceptors (Lipinski definition) is 4. The molecule has 9 heteroatoms. The normalized spacial score (nSPS) is 9.82. The van der Waals surface area contributed by atoms with Crippen molar-refractivity contribution < 1.29 is 34.5 Å². The average Bonchev–Trinajstić information content (AvgIpc) is 2.43. The van der Waals surface area contributed by atoms with Crippen LogP contribution in [0.2, 0.25) is 0 Å². The Hall–Kier alpha value is -2.32. The lowest BCUT2D eigenvalue weighted by atomic mass is 10.1. The van der Waals surface area contributed by atoms with Crippen LogP contribution < -0.4 is 10.6 Å². The van der Waals surface area contributed by atoms with Gasteiger partial charge in [-0.2, -0.15) is 0 Å². The van der Waals surface area contributed by atoms with Crippen LogP contribution in [-0.4, -0.2) is 51.8 Å². The van der Waals surface area contributed by atoms with Crippen molar-refractivity contribution in [2.75, 3.05) is 6.54 Å². The van der Waals surface area contributed by atoms with Gasteiger partial charge in [0.1, 0.15) is 12.6 Å². The summed E-state index contributed by atoms with van der Waals surface area (Å²) in [4.78, 5) is 42.0. The van der Waals surface area contributed by atoms with Crippen molar-refractivity contribution in [1.82, 2.24) is 10.6 Å². The molecule has 130 valence electrons. The van der Waals surface area contributed by atoms with Crippen molar-refractivity contribution in [2.24, 2.45) is 0 Å². The lowest BCUT2D eigenvalue weighted by molar-refractivity contribution is -0.140. The minimum absolute atomic E-state index is 0.287. The third kappa shape index (κ3) is 20.0. The Bertz CT molecular complexity index is 345. The molecule has 1 atom stereocenters. The van der Waals surface area contributed by atoms with Gasteiger partial charge in [0.25, 0.3) is 0 Å². The number of carbonyl (C=O) groups excluding carboxylic acids is 1. The highest BCUT2D eigenvalue weighted by atomic mass is 16.4. The summed E-state index contributed by atoms with van der Waals surface area (Å²) in [5.41, 5.74) is 0. The second kappa shape index (κ2) is 16.7. The van der Waals surface area contributed by atoms with E-state index in [2.05, 4.69) is 13.8 Å². The van der Waals surface area contributed by atoms with Gasteiger partial charge in [0, 0.05) is 6.42 Å². The summed E-state index contributed by atoms with van der Waals surface area (Å²) in [7, 11) is 0. The van der Waals surface area contributed by atoms with Crippen LogP contribution in [0.15, 0.2) is 0 Å². The van der Waals surface area contributed by atoms with Gasteiger partial charge < -0.3 is 26.0 Å². The fraction of sp³-hybridized carbons (Fsp3) is 0.692. The number of carboxylic acids is 3. The Kier molecular flexibility index (Phi) is 18.8. The molecule has 5 N–H and O–H groups in total. The zero-order valence-corrected chi connectivity index (χ0v) is 13.4. The smallest absolute Gasteiger partial charge is 0.326 e. The number of urea groups is 1. The molecule has 0 aromatic carbocycles. The predicted octanol–water partition coefficient (Wildman–Crippen LogP) is 1.13. The molecular formula is C13H26N2O7. The molecule has 0 saturated carbocycles. The Balaban J connectivity index is -0.000000637. The highest BCUT2D eigenvalue weighted by molar-refractivity contribution is 5.84. The second-order valence-electron chi connectivity index (χ2n) is 3.75. The van der Waals surface area contributed by atoms with Gasteiger partial charge in [-0.05, 0) is 6.42 Å². The molecule has 0 saturated heterocycles. The molecule has 0 aromatic heterocycles. The van der Waals surface area contributed by atoms with E-state index in [4.69, 9.17) is 15.3 Å². The van der Waals surface area contributed by atoms with Crippen molar-refractivity contribution in [3.63, 3.8) is 0 Å². The fourth-order valence-corrected chi connectivity index (χ4v) is 0.890. The standard InChI is InChI=1S/C8H12N2O7.C3H8.C2H6/c11-5(12)2-1-4(7(15)16)10-8(17)9-3-6(13)14;1-3-2;1-2/h4H,1-3H2,(H,11,12)(H,13,14)(H,15,16)(H2,9,10,17);3H2,1-2H3;1-2H3. The summed E-state index contributed by atoms with van der Waals surface area (Å²) >= 11 is 0. The third-order valence-corrected chi connectivity index (χ3v) is 1.65. The van der Waals surface area contributed by atoms with E-state index in [1.54, 1.807) is 0 Å². The minimum atomic E-state index is -1.39. The maximum Gasteiger partial charge on any atom is 0.326 e. The molecule has 0 aromatic rings. The predicted molar refractivity (Wildman–Crippen MR) is 79.8 cm³/mol. The van der Waals surface area contributed by atoms with Gasteiger partial charge in [-0.15, -0.1) is 0 Å². The van der Waals surface area contributed by atoms with Crippen LogP contribution in [0.5, 0.6) is 0 Å². The molecule has 0 aliphatic carbocycles. The van der Waals surface area contributed by atoms with Crippen LogP contribution in [0.1, 0.15) is 47.0 Å². The van der Waals surface area contributed by atoms with E-state index in [1.807, 2.05) is 24.5 Å². The molecule has 0 spiro atoms. The van der Waals surface area contributed by atoms with E-state index in [-0.39, 0.29) is 6.42 Å². The number of amides is 2. The molecule has 0 rings (SSSR count).